The van der Waals surface area contributed by atoms with Crippen molar-refractivity contribution in [2.75, 3.05) is 24.7 Å². The molecule has 1 heterocycles. The summed E-state index contributed by atoms with van der Waals surface area (Å²) in [7, 11) is -3.45. The van der Waals surface area contributed by atoms with Crippen molar-refractivity contribution >= 4 is 21.8 Å². The van der Waals surface area contributed by atoms with E-state index in [4.69, 9.17) is 5.11 Å². The maximum atomic E-state index is 12.2. The lowest BCUT2D eigenvalue weighted by atomic mass is 10.0. The number of benzene rings is 1. The molecule has 0 spiro atoms. The first kappa shape index (κ1) is 16.4. The zero-order chi connectivity index (χ0) is 15.1. The monoisotopic (exact) mass is 325 g/mol. The molecule has 2 rings (SSSR count). The number of hydrogen-bond acceptors (Lipinski definition) is 4. The number of aliphatic hydroxyl groups excluding tert-OH is 1. The van der Waals surface area contributed by atoms with Gasteiger partial charge in [0.15, 0.2) is 0 Å². The number of sulfonamides is 1. The van der Waals surface area contributed by atoms with Gasteiger partial charge in [0.1, 0.15) is 6.61 Å². The number of aliphatic hydroxyl groups is 1. The molecule has 0 radical (unpaired) electrons. The van der Waals surface area contributed by atoms with E-state index >= 15 is 0 Å². The average Bonchev–Trinajstić information content (AvgIpc) is 2.52. The maximum absolute atomic E-state index is 12.2. The van der Waals surface area contributed by atoms with Crippen LogP contribution in [0.5, 0.6) is 0 Å². The zero-order valence-corrected chi connectivity index (χ0v) is 13.3. The fourth-order valence-corrected chi connectivity index (χ4v) is 4.44. The van der Waals surface area contributed by atoms with E-state index in [1.807, 2.05) is 11.8 Å². The molecule has 21 heavy (non-hydrogen) atoms. The topological polar surface area (TPSA) is 66.4 Å². The molecule has 0 amide bonds. The Balaban J connectivity index is 1.98. The summed E-state index contributed by atoms with van der Waals surface area (Å²) < 4.78 is 27.1. The van der Waals surface area contributed by atoms with Crippen LogP contribution >= 0.6 is 11.8 Å². The molecule has 0 aliphatic carbocycles. The van der Waals surface area contributed by atoms with Crippen LogP contribution in [0.25, 0.3) is 0 Å². The lowest BCUT2D eigenvalue weighted by molar-refractivity contribution is 0.350. The van der Waals surface area contributed by atoms with Crippen molar-refractivity contribution in [1.82, 2.24) is 4.72 Å². The normalized spacial score (nSPS) is 16.2. The fourth-order valence-electron chi connectivity index (χ4n) is 2.12. The standard InChI is InChI=1S/C15H19NO3S2/c17-9-1-2-13-3-5-15(6-4-13)21(18,19)16-12-14-7-10-20-11-8-14/h3-6,14,16-17H,7-12H2. The predicted octanol–water partition coefficient (Wildman–Crippen LogP) is 1.45. The second-order valence-corrected chi connectivity index (χ2v) is 7.88. The van der Waals surface area contributed by atoms with Crippen molar-refractivity contribution in [3.8, 4) is 11.8 Å². The second kappa shape index (κ2) is 7.85. The van der Waals surface area contributed by atoms with E-state index in [9.17, 15) is 8.42 Å². The van der Waals surface area contributed by atoms with Crippen LogP contribution in [0.1, 0.15) is 18.4 Å². The Labute approximate surface area is 130 Å². The van der Waals surface area contributed by atoms with Crippen LogP contribution in [0.3, 0.4) is 0 Å². The van der Waals surface area contributed by atoms with E-state index in [0.717, 1.165) is 24.3 Å². The Morgan fingerprint density at radius 1 is 1.24 bits per heavy atom. The minimum atomic E-state index is -3.45. The molecule has 0 unspecified atom stereocenters. The van der Waals surface area contributed by atoms with Gasteiger partial charge in [-0.25, -0.2) is 13.1 Å². The van der Waals surface area contributed by atoms with Gasteiger partial charge in [-0.3, -0.25) is 0 Å². The summed E-state index contributed by atoms with van der Waals surface area (Å²) in [6.07, 6.45) is 2.14. The Hall–Kier alpha value is -1.00. The molecule has 1 aliphatic heterocycles. The summed E-state index contributed by atoms with van der Waals surface area (Å²) in [5.74, 6) is 7.94. The molecule has 0 aromatic heterocycles. The van der Waals surface area contributed by atoms with Gasteiger partial charge in [0.05, 0.1) is 4.90 Å². The number of rotatable bonds is 4. The summed E-state index contributed by atoms with van der Waals surface area (Å²) in [6, 6.07) is 6.38. The third kappa shape index (κ3) is 5.04. The average molecular weight is 325 g/mol. The van der Waals surface area contributed by atoms with Crippen LogP contribution < -0.4 is 4.72 Å². The second-order valence-electron chi connectivity index (χ2n) is 4.89. The lowest BCUT2D eigenvalue weighted by Gasteiger charge is -2.21. The highest BCUT2D eigenvalue weighted by Gasteiger charge is 2.18. The van der Waals surface area contributed by atoms with E-state index in [0.29, 0.717) is 18.0 Å². The molecule has 1 aliphatic rings. The largest absolute Gasteiger partial charge is 0.384 e. The van der Waals surface area contributed by atoms with Crippen LogP contribution in [0.2, 0.25) is 0 Å². The summed E-state index contributed by atoms with van der Waals surface area (Å²) in [5, 5.41) is 8.62. The van der Waals surface area contributed by atoms with E-state index in [-0.39, 0.29) is 11.5 Å². The third-order valence-corrected chi connectivity index (χ3v) is 5.87. The Kier molecular flexibility index (Phi) is 6.12. The van der Waals surface area contributed by atoms with Crippen molar-refractivity contribution < 1.29 is 13.5 Å². The van der Waals surface area contributed by atoms with Gasteiger partial charge in [-0.05, 0) is 54.5 Å². The summed E-state index contributed by atoms with van der Waals surface area (Å²) in [4.78, 5) is 0.252. The van der Waals surface area contributed by atoms with E-state index < -0.39 is 10.0 Å². The van der Waals surface area contributed by atoms with E-state index in [1.165, 1.54) is 0 Å². The van der Waals surface area contributed by atoms with Crippen LogP contribution in [0, 0.1) is 17.8 Å². The van der Waals surface area contributed by atoms with Crippen LogP contribution in [0.15, 0.2) is 29.2 Å². The van der Waals surface area contributed by atoms with Crippen molar-refractivity contribution in [2.45, 2.75) is 17.7 Å². The smallest absolute Gasteiger partial charge is 0.240 e. The van der Waals surface area contributed by atoms with Gasteiger partial charge < -0.3 is 5.11 Å². The van der Waals surface area contributed by atoms with Gasteiger partial charge in [-0.2, -0.15) is 11.8 Å². The molecule has 0 saturated carbocycles. The molecular formula is C15H19NO3S2. The molecule has 1 aromatic rings. The molecule has 6 heteroatoms. The first-order valence-corrected chi connectivity index (χ1v) is 9.53. The Bertz CT molecular complexity index is 609. The number of thioether (sulfide) groups is 1. The van der Waals surface area contributed by atoms with Gasteiger partial charge in [0.2, 0.25) is 10.0 Å². The zero-order valence-electron chi connectivity index (χ0n) is 11.7. The highest BCUT2D eigenvalue weighted by molar-refractivity contribution is 7.99. The molecular weight excluding hydrogens is 306 g/mol. The third-order valence-electron chi connectivity index (χ3n) is 3.38. The van der Waals surface area contributed by atoms with Gasteiger partial charge in [0, 0.05) is 12.1 Å². The minimum Gasteiger partial charge on any atom is -0.384 e. The fraction of sp³-hybridized carbons (Fsp3) is 0.467. The summed E-state index contributed by atoms with van der Waals surface area (Å²) in [5.41, 5.74) is 0.687. The Morgan fingerprint density at radius 3 is 2.52 bits per heavy atom. The quantitative estimate of drug-likeness (QED) is 0.823. The SMILES string of the molecule is O=S(=O)(NCC1CCSCC1)c1ccc(C#CCO)cc1. The lowest BCUT2D eigenvalue weighted by Crippen LogP contribution is -2.31. The molecule has 114 valence electrons. The molecule has 0 bridgehead atoms. The first-order chi connectivity index (χ1) is 10.1. The molecule has 1 fully saturated rings. The molecule has 4 nitrogen and oxygen atoms in total. The highest BCUT2D eigenvalue weighted by atomic mass is 32.2. The van der Waals surface area contributed by atoms with Gasteiger partial charge in [-0.1, -0.05) is 11.8 Å². The van der Waals surface area contributed by atoms with Crippen molar-refractivity contribution in [3.05, 3.63) is 29.8 Å². The van der Waals surface area contributed by atoms with Gasteiger partial charge in [0.25, 0.3) is 0 Å². The molecule has 1 saturated heterocycles. The van der Waals surface area contributed by atoms with Crippen molar-refractivity contribution in [2.24, 2.45) is 5.92 Å². The van der Waals surface area contributed by atoms with Crippen LogP contribution in [-0.2, 0) is 10.0 Å². The number of hydrogen-bond donors (Lipinski definition) is 2. The van der Waals surface area contributed by atoms with E-state index in [2.05, 4.69) is 16.6 Å². The molecule has 1 aromatic carbocycles. The predicted molar refractivity (Wildman–Crippen MR) is 85.6 cm³/mol. The maximum Gasteiger partial charge on any atom is 0.240 e. The van der Waals surface area contributed by atoms with Crippen molar-refractivity contribution in [3.63, 3.8) is 0 Å². The Morgan fingerprint density at radius 2 is 1.90 bits per heavy atom. The van der Waals surface area contributed by atoms with Crippen LogP contribution in [-0.4, -0.2) is 38.2 Å². The minimum absolute atomic E-state index is 0.207. The highest BCUT2D eigenvalue weighted by Crippen LogP contribution is 2.22. The summed E-state index contributed by atoms with van der Waals surface area (Å²) in [6.45, 7) is 0.302. The van der Waals surface area contributed by atoms with Gasteiger partial charge >= 0.3 is 0 Å². The summed E-state index contributed by atoms with van der Waals surface area (Å²) >= 11 is 1.93. The van der Waals surface area contributed by atoms with Crippen molar-refractivity contribution in [1.29, 1.82) is 0 Å². The van der Waals surface area contributed by atoms with E-state index in [1.54, 1.807) is 24.3 Å². The number of nitrogens with one attached hydrogen (secondary N) is 1. The molecule has 0 atom stereocenters. The van der Waals surface area contributed by atoms with Gasteiger partial charge in [-0.15, -0.1) is 0 Å². The molecule has 2 N–H and O–H groups in total. The first-order valence-electron chi connectivity index (χ1n) is 6.89. The van der Waals surface area contributed by atoms with Crippen LogP contribution in [0.4, 0.5) is 0 Å².